The number of esters is 1. The van der Waals surface area contributed by atoms with Crippen molar-refractivity contribution in [3.05, 3.63) is 87.9 Å². The molecule has 0 atom stereocenters. The highest BCUT2D eigenvalue weighted by Crippen LogP contribution is 2.33. The van der Waals surface area contributed by atoms with Gasteiger partial charge in [0.1, 0.15) is 28.4 Å². The molecule has 0 amide bonds. The van der Waals surface area contributed by atoms with E-state index in [1.807, 2.05) is 0 Å². The third kappa shape index (κ3) is 3.97. The summed E-state index contributed by atoms with van der Waals surface area (Å²) in [6.45, 7) is 0. The molecule has 0 aliphatic heterocycles. The highest BCUT2D eigenvalue weighted by atomic mass is 35.5. The third-order valence-corrected chi connectivity index (χ3v) is 5.53. The van der Waals surface area contributed by atoms with Crippen molar-refractivity contribution in [2.45, 2.75) is 0 Å². The molecule has 0 saturated heterocycles. The minimum Gasteiger partial charge on any atom is -0.497 e. The smallest absolute Gasteiger partial charge is 0.379 e. The lowest BCUT2D eigenvalue weighted by atomic mass is 10.0. The maximum Gasteiger partial charge on any atom is 0.379 e. The number of furan rings is 1. The van der Waals surface area contributed by atoms with E-state index in [2.05, 4.69) is 0 Å². The number of halogens is 1. The van der Waals surface area contributed by atoms with Gasteiger partial charge in [-0.3, -0.25) is 0 Å². The van der Waals surface area contributed by atoms with Gasteiger partial charge in [-0.2, -0.15) is 0 Å². The zero-order valence-corrected chi connectivity index (χ0v) is 18.8. The SMILES string of the molecule is COc1ccc(OC)c(-c2cc3ccc(OC(=O)c4cc5cc(Cl)ccc5o4)cc3oc2=O)c1. The summed E-state index contributed by atoms with van der Waals surface area (Å²) >= 11 is 5.98. The van der Waals surface area contributed by atoms with Crippen LogP contribution in [0.4, 0.5) is 0 Å². The predicted octanol–water partition coefficient (Wildman–Crippen LogP) is 6.10. The van der Waals surface area contributed by atoms with Gasteiger partial charge in [-0.15, -0.1) is 0 Å². The Morgan fingerprint density at radius 2 is 1.59 bits per heavy atom. The highest BCUT2D eigenvalue weighted by Gasteiger charge is 2.17. The standard InChI is InChI=1S/C26H17ClO7/c1-30-17-6-8-22(31-2)19(12-17)20-10-14-3-5-18(13-23(14)34-25(20)28)32-26(29)24-11-15-9-16(27)4-7-21(15)33-24/h3-13H,1-2H3. The minimum absolute atomic E-state index is 0.0271. The van der Waals surface area contributed by atoms with Crippen LogP contribution < -0.4 is 19.8 Å². The number of hydrogen-bond donors (Lipinski definition) is 0. The second kappa shape index (κ2) is 8.61. The average molecular weight is 477 g/mol. The van der Waals surface area contributed by atoms with Crippen LogP contribution in [0.15, 0.2) is 80.4 Å². The molecular weight excluding hydrogens is 460 g/mol. The number of hydrogen-bond acceptors (Lipinski definition) is 7. The molecule has 2 aromatic heterocycles. The summed E-state index contributed by atoms with van der Waals surface area (Å²) in [6, 6.07) is 18.2. The molecule has 0 aliphatic rings. The van der Waals surface area contributed by atoms with Crippen molar-refractivity contribution in [2.24, 2.45) is 0 Å². The number of benzene rings is 3. The second-order valence-electron chi connectivity index (χ2n) is 7.40. The van der Waals surface area contributed by atoms with Crippen LogP contribution >= 0.6 is 11.6 Å². The Labute approximate surface area is 198 Å². The molecule has 2 heterocycles. The Kier molecular flexibility index (Phi) is 5.47. The third-order valence-electron chi connectivity index (χ3n) is 5.29. The Morgan fingerprint density at radius 1 is 0.765 bits per heavy atom. The fraction of sp³-hybridized carbons (Fsp3) is 0.0769. The number of carbonyl (C=O) groups excluding carboxylic acids is 1. The Hall–Kier alpha value is -4.23. The number of carbonyl (C=O) groups is 1. The van der Waals surface area contributed by atoms with Crippen molar-refractivity contribution in [2.75, 3.05) is 14.2 Å². The van der Waals surface area contributed by atoms with Crippen molar-refractivity contribution in [3.8, 4) is 28.4 Å². The lowest BCUT2D eigenvalue weighted by Gasteiger charge is -2.10. The van der Waals surface area contributed by atoms with E-state index < -0.39 is 11.6 Å². The molecule has 0 radical (unpaired) electrons. The van der Waals surface area contributed by atoms with Crippen LogP contribution in [0, 0.1) is 0 Å². The first kappa shape index (κ1) is 21.6. The Morgan fingerprint density at radius 3 is 2.38 bits per heavy atom. The summed E-state index contributed by atoms with van der Waals surface area (Å²) < 4.78 is 27.2. The molecule has 34 heavy (non-hydrogen) atoms. The normalized spacial score (nSPS) is 11.0. The lowest BCUT2D eigenvalue weighted by Crippen LogP contribution is -2.07. The summed E-state index contributed by atoms with van der Waals surface area (Å²) in [5.41, 5.74) is 1.06. The number of rotatable bonds is 5. The number of fused-ring (bicyclic) bond motifs is 2. The summed E-state index contributed by atoms with van der Waals surface area (Å²) in [6.07, 6.45) is 0. The predicted molar refractivity (Wildman–Crippen MR) is 127 cm³/mol. The van der Waals surface area contributed by atoms with Crippen LogP contribution in [0.5, 0.6) is 17.2 Å². The molecular formula is C26H17ClO7. The van der Waals surface area contributed by atoms with Gasteiger partial charge < -0.3 is 23.0 Å². The first-order valence-electron chi connectivity index (χ1n) is 10.2. The molecule has 0 bridgehead atoms. The van der Waals surface area contributed by atoms with Crippen LogP contribution in [-0.2, 0) is 0 Å². The van der Waals surface area contributed by atoms with Crippen LogP contribution in [0.1, 0.15) is 10.6 Å². The number of ether oxygens (including phenoxy) is 3. The fourth-order valence-electron chi connectivity index (χ4n) is 3.64. The van der Waals surface area contributed by atoms with Crippen LogP contribution in [0.25, 0.3) is 33.1 Å². The van der Waals surface area contributed by atoms with E-state index in [0.717, 1.165) is 0 Å². The second-order valence-corrected chi connectivity index (χ2v) is 7.83. The van der Waals surface area contributed by atoms with Crippen LogP contribution in [0.2, 0.25) is 5.02 Å². The van der Waals surface area contributed by atoms with Crippen molar-refractivity contribution in [3.63, 3.8) is 0 Å². The van der Waals surface area contributed by atoms with E-state index >= 15 is 0 Å². The van der Waals surface area contributed by atoms with Gasteiger partial charge in [-0.25, -0.2) is 9.59 Å². The molecule has 3 aromatic carbocycles. The van der Waals surface area contributed by atoms with E-state index in [-0.39, 0.29) is 17.1 Å². The van der Waals surface area contributed by atoms with E-state index in [1.165, 1.54) is 20.3 Å². The maximum absolute atomic E-state index is 12.8. The fourth-order valence-corrected chi connectivity index (χ4v) is 3.82. The van der Waals surface area contributed by atoms with Gasteiger partial charge in [-0.1, -0.05) is 11.6 Å². The molecule has 0 unspecified atom stereocenters. The Balaban J connectivity index is 1.47. The molecule has 5 aromatic rings. The Bertz CT molecular complexity index is 1610. The largest absolute Gasteiger partial charge is 0.497 e. The monoisotopic (exact) mass is 476 g/mol. The minimum atomic E-state index is -0.688. The topological polar surface area (TPSA) is 88.1 Å². The zero-order valence-electron chi connectivity index (χ0n) is 18.1. The van der Waals surface area contributed by atoms with Crippen molar-refractivity contribution in [1.82, 2.24) is 0 Å². The van der Waals surface area contributed by atoms with E-state index in [9.17, 15) is 9.59 Å². The molecule has 0 saturated carbocycles. The molecule has 7 nitrogen and oxygen atoms in total. The van der Waals surface area contributed by atoms with Crippen molar-refractivity contribution in [1.29, 1.82) is 0 Å². The van der Waals surface area contributed by atoms with Gasteiger partial charge in [-0.05, 0) is 60.7 Å². The van der Waals surface area contributed by atoms with E-state index in [0.29, 0.717) is 44.0 Å². The molecule has 5 rings (SSSR count). The van der Waals surface area contributed by atoms with E-state index in [1.54, 1.807) is 60.7 Å². The molecule has 170 valence electrons. The average Bonchev–Trinajstić information content (AvgIpc) is 3.26. The van der Waals surface area contributed by atoms with Gasteiger partial charge in [0.05, 0.1) is 19.8 Å². The molecule has 0 aliphatic carbocycles. The summed E-state index contributed by atoms with van der Waals surface area (Å²) in [4.78, 5) is 25.4. The number of methoxy groups -OCH3 is 2. The molecule has 0 fully saturated rings. The quantitative estimate of drug-likeness (QED) is 0.172. The van der Waals surface area contributed by atoms with Crippen LogP contribution in [-0.4, -0.2) is 20.2 Å². The van der Waals surface area contributed by atoms with Crippen molar-refractivity contribution < 1.29 is 27.8 Å². The zero-order chi connectivity index (χ0) is 23.8. The first-order chi connectivity index (χ1) is 16.4. The van der Waals surface area contributed by atoms with Gasteiger partial charge in [0.2, 0.25) is 5.76 Å². The highest BCUT2D eigenvalue weighted by molar-refractivity contribution is 6.31. The summed E-state index contributed by atoms with van der Waals surface area (Å²) in [5, 5.41) is 1.85. The van der Waals surface area contributed by atoms with Gasteiger partial charge in [0.15, 0.2) is 0 Å². The van der Waals surface area contributed by atoms with Crippen LogP contribution in [0.3, 0.4) is 0 Å². The van der Waals surface area contributed by atoms with Gasteiger partial charge in [0.25, 0.3) is 0 Å². The lowest BCUT2D eigenvalue weighted by molar-refractivity contribution is 0.0704. The van der Waals surface area contributed by atoms with Gasteiger partial charge in [0, 0.05) is 27.4 Å². The maximum atomic E-state index is 12.8. The molecule has 0 spiro atoms. The summed E-state index contributed by atoms with van der Waals surface area (Å²) in [7, 11) is 3.06. The van der Waals surface area contributed by atoms with Gasteiger partial charge >= 0.3 is 11.6 Å². The molecule has 8 heteroatoms. The van der Waals surface area contributed by atoms with Crippen molar-refractivity contribution >= 4 is 39.5 Å². The first-order valence-corrected chi connectivity index (χ1v) is 10.5. The van der Waals surface area contributed by atoms with E-state index in [4.69, 9.17) is 34.6 Å². The molecule has 0 N–H and O–H groups in total. The summed E-state index contributed by atoms with van der Waals surface area (Å²) in [5.74, 6) is 0.618.